The van der Waals surface area contributed by atoms with Gasteiger partial charge in [-0.2, -0.15) is 13.5 Å². The third-order valence-corrected chi connectivity index (χ3v) is 5.98. The number of nitrogens with one attached hydrogen (secondary N) is 1. The fraction of sp³-hybridized carbons (Fsp3) is 0.400. The highest BCUT2D eigenvalue weighted by Crippen LogP contribution is 2.47. The quantitative estimate of drug-likeness (QED) is 0.386. The average molecular weight is 374 g/mol. The van der Waals surface area contributed by atoms with Crippen molar-refractivity contribution in [1.29, 1.82) is 0 Å². The van der Waals surface area contributed by atoms with E-state index in [4.69, 9.17) is 9.05 Å². The van der Waals surface area contributed by atoms with Crippen LogP contribution in [0.25, 0.3) is 0 Å². The molecule has 1 aromatic carbocycles. The summed E-state index contributed by atoms with van der Waals surface area (Å²) in [5.41, 5.74) is 0.966. The number of benzene rings is 1. The molecular weight excluding hydrogens is 351 g/mol. The van der Waals surface area contributed by atoms with Crippen LogP contribution >= 0.6 is 7.60 Å². The monoisotopic (exact) mass is 374 g/mol. The first-order valence-corrected chi connectivity index (χ1v) is 10.7. The number of hydrazone groups is 1. The lowest BCUT2D eigenvalue weighted by Crippen LogP contribution is -2.18. The zero-order valence-electron chi connectivity index (χ0n) is 14.0. The summed E-state index contributed by atoms with van der Waals surface area (Å²) in [7, 11) is -6.84. The summed E-state index contributed by atoms with van der Waals surface area (Å²) in [5.74, 6) is 0. The summed E-state index contributed by atoms with van der Waals surface area (Å²) in [6.45, 7) is 5.91. The maximum absolute atomic E-state index is 12.2. The lowest BCUT2D eigenvalue weighted by Gasteiger charge is -2.14. The van der Waals surface area contributed by atoms with Gasteiger partial charge in [-0.25, -0.2) is 4.83 Å². The highest BCUT2D eigenvalue weighted by atomic mass is 32.2. The SMILES string of the molecule is CCOP(=O)(C/C=C/C=N/NS(=O)(=O)c1ccc(C)cc1)OCC. The van der Waals surface area contributed by atoms with Crippen LogP contribution in [0.5, 0.6) is 0 Å². The molecule has 0 aliphatic heterocycles. The first kappa shape index (κ1) is 20.6. The summed E-state index contributed by atoms with van der Waals surface area (Å²) < 4.78 is 46.4. The smallest absolute Gasteiger partial charge is 0.309 e. The number of hydrogen-bond donors (Lipinski definition) is 1. The van der Waals surface area contributed by atoms with Crippen LogP contribution in [-0.4, -0.2) is 34.0 Å². The van der Waals surface area contributed by atoms with Crippen LogP contribution in [0.2, 0.25) is 0 Å². The van der Waals surface area contributed by atoms with Gasteiger partial charge < -0.3 is 9.05 Å². The predicted molar refractivity (Wildman–Crippen MR) is 94.9 cm³/mol. The maximum Gasteiger partial charge on any atom is 0.334 e. The molecule has 0 aromatic heterocycles. The fourth-order valence-electron chi connectivity index (χ4n) is 1.70. The van der Waals surface area contributed by atoms with Gasteiger partial charge in [0, 0.05) is 6.21 Å². The van der Waals surface area contributed by atoms with E-state index in [0.717, 1.165) is 5.56 Å². The van der Waals surface area contributed by atoms with Crippen LogP contribution in [0.4, 0.5) is 0 Å². The Balaban J connectivity index is 2.58. The number of aryl methyl sites for hydroxylation is 1. The Hall–Kier alpha value is -1.47. The minimum Gasteiger partial charge on any atom is -0.309 e. The Morgan fingerprint density at radius 2 is 1.75 bits per heavy atom. The topological polar surface area (TPSA) is 94.1 Å². The van der Waals surface area contributed by atoms with Crippen molar-refractivity contribution >= 4 is 23.8 Å². The first-order chi connectivity index (χ1) is 11.3. The van der Waals surface area contributed by atoms with Crippen molar-refractivity contribution in [3.63, 3.8) is 0 Å². The molecular formula is C15H23N2O5PS. The predicted octanol–water partition coefficient (Wildman–Crippen LogP) is 3.08. The van der Waals surface area contributed by atoms with Crippen molar-refractivity contribution in [2.75, 3.05) is 19.4 Å². The zero-order valence-corrected chi connectivity index (χ0v) is 15.7. The Kier molecular flexibility index (Phi) is 8.35. The summed E-state index contributed by atoms with van der Waals surface area (Å²) in [4.78, 5) is 2.23. The van der Waals surface area contributed by atoms with Gasteiger partial charge in [-0.15, -0.1) is 0 Å². The molecule has 1 aromatic rings. The second-order valence-electron chi connectivity index (χ2n) is 4.74. The lowest BCUT2D eigenvalue weighted by molar-refractivity contribution is 0.222. The fourth-order valence-corrected chi connectivity index (χ4v) is 3.95. The van der Waals surface area contributed by atoms with Gasteiger partial charge in [0.1, 0.15) is 0 Å². The Morgan fingerprint density at radius 3 is 2.29 bits per heavy atom. The normalized spacial score (nSPS) is 13.0. The van der Waals surface area contributed by atoms with Crippen molar-refractivity contribution in [3.8, 4) is 0 Å². The summed E-state index contributed by atoms with van der Waals surface area (Å²) >= 11 is 0. The van der Waals surface area contributed by atoms with Gasteiger partial charge in [-0.05, 0) is 39.0 Å². The number of sulfonamides is 1. The van der Waals surface area contributed by atoms with E-state index >= 15 is 0 Å². The molecule has 0 spiro atoms. The molecule has 0 aliphatic carbocycles. The van der Waals surface area contributed by atoms with Crippen molar-refractivity contribution in [2.24, 2.45) is 5.10 Å². The zero-order chi connectivity index (χ0) is 18.1. The molecule has 1 rings (SSSR count). The van der Waals surface area contributed by atoms with Gasteiger partial charge in [-0.3, -0.25) is 4.57 Å². The van der Waals surface area contributed by atoms with E-state index in [1.807, 2.05) is 6.92 Å². The molecule has 0 saturated carbocycles. The molecule has 0 bridgehead atoms. The third kappa shape index (κ3) is 6.97. The molecule has 0 atom stereocenters. The van der Waals surface area contributed by atoms with Crippen LogP contribution in [0, 0.1) is 6.92 Å². The van der Waals surface area contributed by atoms with Gasteiger partial charge in [-0.1, -0.05) is 23.8 Å². The van der Waals surface area contributed by atoms with Crippen molar-refractivity contribution in [3.05, 3.63) is 42.0 Å². The van der Waals surface area contributed by atoms with Crippen LogP contribution in [0.15, 0.2) is 46.4 Å². The molecule has 0 unspecified atom stereocenters. The summed E-state index contributed by atoms with van der Waals surface area (Å²) in [6.07, 6.45) is 4.37. The van der Waals surface area contributed by atoms with Crippen LogP contribution < -0.4 is 4.83 Å². The number of rotatable bonds is 10. The van der Waals surface area contributed by atoms with E-state index in [-0.39, 0.29) is 24.3 Å². The molecule has 7 nitrogen and oxygen atoms in total. The van der Waals surface area contributed by atoms with Gasteiger partial charge in [0.05, 0.1) is 24.3 Å². The maximum atomic E-state index is 12.2. The summed E-state index contributed by atoms with van der Waals surface area (Å²) in [6, 6.07) is 6.42. The van der Waals surface area contributed by atoms with Crippen LogP contribution in [0.1, 0.15) is 19.4 Å². The molecule has 134 valence electrons. The molecule has 24 heavy (non-hydrogen) atoms. The molecule has 0 aliphatic rings. The van der Waals surface area contributed by atoms with E-state index in [1.165, 1.54) is 24.4 Å². The first-order valence-electron chi connectivity index (χ1n) is 7.48. The Bertz CT molecular complexity index is 704. The van der Waals surface area contributed by atoms with Crippen molar-refractivity contribution in [2.45, 2.75) is 25.7 Å². The van der Waals surface area contributed by atoms with Gasteiger partial charge >= 0.3 is 7.60 Å². The Morgan fingerprint density at radius 1 is 1.17 bits per heavy atom. The van der Waals surface area contributed by atoms with E-state index in [9.17, 15) is 13.0 Å². The van der Waals surface area contributed by atoms with E-state index in [0.29, 0.717) is 0 Å². The molecule has 0 heterocycles. The molecule has 1 N–H and O–H groups in total. The van der Waals surface area contributed by atoms with E-state index in [2.05, 4.69) is 9.93 Å². The highest BCUT2D eigenvalue weighted by Gasteiger charge is 2.20. The van der Waals surface area contributed by atoms with Crippen LogP contribution in [-0.2, 0) is 23.6 Å². The molecule has 0 radical (unpaired) electrons. The highest BCUT2D eigenvalue weighted by molar-refractivity contribution is 7.89. The molecule has 0 fully saturated rings. The van der Waals surface area contributed by atoms with Gasteiger partial charge in [0.25, 0.3) is 10.0 Å². The van der Waals surface area contributed by atoms with Crippen molar-refractivity contribution < 1.29 is 22.0 Å². The molecule has 0 saturated heterocycles. The third-order valence-electron chi connectivity index (χ3n) is 2.78. The van der Waals surface area contributed by atoms with Crippen LogP contribution in [0.3, 0.4) is 0 Å². The summed E-state index contributed by atoms with van der Waals surface area (Å²) in [5, 5.41) is 3.63. The average Bonchev–Trinajstić information content (AvgIpc) is 2.51. The number of nitrogens with zero attached hydrogens (tertiary/aromatic N) is 1. The van der Waals surface area contributed by atoms with Gasteiger partial charge in [0.2, 0.25) is 0 Å². The second kappa shape index (κ2) is 9.74. The largest absolute Gasteiger partial charge is 0.334 e. The van der Waals surface area contributed by atoms with Gasteiger partial charge in [0.15, 0.2) is 0 Å². The minimum atomic E-state index is -3.70. The Labute approximate surface area is 143 Å². The van der Waals surface area contributed by atoms with E-state index in [1.54, 1.807) is 32.1 Å². The molecule has 0 amide bonds. The molecule has 9 heteroatoms. The van der Waals surface area contributed by atoms with Crippen molar-refractivity contribution in [1.82, 2.24) is 4.83 Å². The number of hydrogen-bond acceptors (Lipinski definition) is 6. The number of allylic oxidation sites excluding steroid dienone is 2. The minimum absolute atomic E-state index is 0.0887. The lowest BCUT2D eigenvalue weighted by atomic mass is 10.2. The standard InChI is InChI=1S/C15H23N2O5PS/c1-4-21-23(18,22-5-2)13-7-6-12-16-17-24(19,20)15-10-8-14(3)9-11-15/h6-12,17H,4-5,13H2,1-3H3/b7-6+,16-12+. The second-order valence-corrected chi connectivity index (χ2v) is 8.51. The van der Waals surface area contributed by atoms with E-state index < -0.39 is 17.6 Å².